The minimum absolute atomic E-state index is 0.389. The predicted octanol–water partition coefficient (Wildman–Crippen LogP) is 3.76. The number of halogens is 1. The Morgan fingerprint density at radius 2 is 1.88 bits per heavy atom. The summed E-state index contributed by atoms with van der Waals surface area (Å²) in [5, 5.41) is 4.24. The molecular weight excluding hydrogens is 218 g/mol. The van der Waals surface area contributed by atoms with Crippen LogP contribution in [-0.2, 0) is 5.41 Å². The molecule has 0 saturated carbocycles. The number of unbranched alkanes of at least 4 members (excludes halogenated alkanes) is 2. The van der Waals surface area contributed by atoms with E-state index in [0.717, 1.165) is 18.1 Å². The molecule has 0 unspecified atom stereocenters. The first-order chi connectivity index (χ1) is 7.77. The smallest absolute Gasteiger partial charge is 0.0406 e. The van der Waals surface area contributed by atoms with Gasteiger partial charge in [0.15, 0.2) is 0 Å². The molecule has 2 rings (SSSR count). The molecule has 1 aliphatic heterocycles. The van der Waals surface area contributed by atoms with Crippen molar-refractivity contribution in [3.05, 3.63) is 34.9 Å². The third kappa shape index (κ3) is 2.41. The van der Waals surface area contributed by atoms with E-state index in [1.165, 1.54) is 31.2 Å². The molecule has 1 fully saturated rings. The second kappa shape index (κ2) is 5.20. The van der Waals surface area contributed by atoms with Crippen molar-refractivity contribution in [2.75, 3.05) is 13.1 Å². The van der Waals surface area contributed by atoms with Crippen molar-refractivity contribution in [3.8, 4) is 0 Å². The van der Waals surface area contributed by atoms with Gasteiger partial charge in [-0.2, -0.15) is 0 Å². The SMILES string of the molecule is CCCCCC1(c2ccc(Cl)cc2)CNC1. The van der Waals surface area contributed by atoms with Crippen LogP contribution in [0, 0.1) is 0 Å². The molecule has 0 amide bonds. The summed E-state index contributed by atoms with van der Waals surface area (Å²) in [6.07, 6.45) is 5.27. The van der Waals surface area contributed by atoms with E-state index in [4.69, 9.17) is 11.6 Å². The van der Waals surface area contributed by atoms with Crippen molar-refractivity contribution in [3.63, 3.8) is 0 Å². The molecule has 0 aromatic heterocycles. The molecule has 1 heterocycles. The summed E-state index contributed by atoms with van der Waals surface area (Å²) in [7, 11) is 0. The maximum Gasteiger partial charge on any atom is 0.0406 e. The van der Waals surface area contributed by atoms with Gasteiger partial charge in [0.05, 0.1) is 0 Å². The molecule has 0 bridgehead atoms. The van der Waals surface area contributed by atoms with Crippen molar-refractivity contribution < 1.29 is 0 Å². The maximum atomic E-state index is 5.93. The molecule has 2 heteroatoms. The maximum absolute atomic E-state index is 5.93. The van der Waals surface area contributed by atoms with Gasteiger partial charge in [-0.25, -0.2) is 0 Å². The summed E-state index contributed by atoms with van der Waals surface area (Å²) in [6, 6.07) is 8.40. The molecule has 1 aromatic rings. The highest BCUT2D eigenvalue weighted by Crippen LogP contribution is 2.34. The zero-order chi connectivity index (χ0) is 11.4. The van der Waals surface area contributed by atoms with Crippen LogP contribution in [-0.4, -0.2) is 13.1 Å². The standard InChI is InChI=1S/C14H20ClN/c1-2-3-4-9-14(10-16-11-14)12-5-7-13(15)8-6-12/h5-8,16H,2-4,9-11H2,1H3. The molecule has 1 aromatic carbocycles. The largest absolute Gasteiger partial charge is 0.315 e. The fraction of sp³-hybridized carbons (Fsp3) is 0.571. The lowest BCUT2D eigenvalue weighted by atomic mass is 9.71. The van der Waals surface area contributed by atoms with Gasteiger partial charge in [-0.05, 0) is 24.1 Å². The summed E-state index contributed by atoms with van der Waals surface area (Å²) in [5.41, 5.74) is 1.84. The molecule has 1 nitrogen and oxygen atoms in total. The third-order valence-corrected chi connectivity index (χ3v) is 3.89. The molecule has 1 N–H and O–H groups in total. The highest BCUT2D eigenvalue weighted by molar-refractivity contribution is 6.30. The van der Waals surface area contributed by atoms with Crippen LogP contribution < -0.4 is 5.32 Å². The van der Waals surface area contributed by atoms with Gasteiger partial charge in [0.2, 0.25) is 0 Å². The quantitative estimate of drug-likeness (QED) is 0.769. The number of rotatable bonds is 5. The van der Waals surface area contributed by atoms with Crippen molar-refractivity contribution in [1.82, 2.24) is 5.32 Å². The normalized spacial score (nSPS) is 18.1. The van der Waals surface area contributed by atoms with Gasteiger partial charge in [0.1, 0.15) is 0 Å². The van der Waals surface area contributed by atoms with Crippen molar-refractivity contribution in [2.45, 2.75) is 38.0 Å². The van der Waals surface area contributed by atoms with Crippen LogP contribution in [0.4, 0.5) is 0 Å². The number of nitrogens with one attached hydrogen (secondary N) is 1. The van der Waals surface area contributed by atoms with Crippen LogP contribution in [0.5, 0.6) is 0 Å². The Morgan fingerprint density at radius 1 is 1.19 bits per heavy atom. The van der Waals surface area contributed by atoms with E-state index in [-0.39, 0.29) is 0 Å². The van der Waals surface area contributed by atoms with Crippen LogP contribution >= 0.6 is 11.6 Å². The van der Waals surface area contributed by atoms with E-state index < -0.39 is 0 Å². The van der Waals surface area contributed by atoms with Gasteiger partial charge < -0.3 is 5.32 Å². The predicted molar refractivity (Wildman–Crippen MR) is 70.1 cm³/mol. The molecule has 1 aliphatic rings. The van der Waals surface area contributed by atoms with Crippen molar-refractivity contribution in [1.29, 1.82) is 0 Å². The first-order valence-electron chi connectivity index (χ1n) is 6.24. The van der Waals surface area contributed by atoms with E-state index in [1.807, 2.05) is 12.1 Å². The lowest BCUT2D eigenvalue weighted by Crippen LogP contribution is -2.56. The Balaban J connectivity index is 2.05. The minimum Gasteiger partial charge on any atom is -0.315 e. The van der Waals surface area contributed by atoms with Gasteiger partial charge in [-0.15, -0.1) is 0 Å². The summed E-state index contributed by atoms with van der Waals surface area (Å²) in [6.45, 7) is 4.50. The monoisotopic (exact) mass is 237 g/mol. The second-order valence-electron chi connectivity index (χ2n) is 4.85. The topological polar surface area (TPSA) is 12.0 Å². The van der Waals surface area contributed by atoms with Gasteiger partial charge in [0.25, 0.3) is 0 Å². The Morgan fingerprint density at radius 3 is 2.38 bits per heavy atom. The van der Waals surface area contributed by atoms with Crippen LogP contribution in [0.25, 0.3) is 0 Å². The van der Waals surface area contributed by atoms with E-state index >= 15 is 0 Å². The Hall–Kier alpha value is -0.530. The molecule has 88 valence electrons. The van der Waals surface area contributed by atoms with Crippen LogP contribution in [0.2, 0.25) is 5.02 Å². The van der Waals surface area contributed by atoms with Gasteiger partial charge in [0, 0.05) is 23.5 Å². The van der Waals surface area contributed by atoms with Crippen molar-refractivity contribution in [2.24, 2.45) is 0 Å². The fourth-order valence-electron chi connectivity index (χ4n) is 2.47. The summed E-state index contributed by atoms with van der Waals surface area (Å²) >= 11 is 5.93. The van der Waals surface area contributed by atoms with Crippen LogP contribution in [0.1, 0.15) is 38.2 Å². The molecule has 0 radical (unpaired) electrons. The van der Waals surface area contributed by atoms with E-state index in [2.05, 4.69) is 24.4 Å². The molecular formula is C14H20ClN. The van der Waals surface area contributed by atoms with E-state index in [0.29, 0.717) is 5.41 Å². The van der Waals surface area contributed by atoms with Crippen LogP contribution in [0.3, 0.4) is 0 Å². The zero-order valence-electron chi connectivity index (χ0n) is 9.93. The summed E-state index contributed by atoms with van der Waals surface area (Å²) in [5.74, 6) is 0. The Kier molecular flexibility index (Phi) is 3.88. The number of hydrogen-bond acceptors (Lipinski definition) is 1. The third-order valence-electron chi connectivity index (χ3n) is 3.64. The number of benzene rings is 1. The molecule has 0 atom stereocenters. The van der Waals surface area contributed by atoms with E-state index in [1.54, 1.807) is 0 Å². The van der Waals surface area contributed by atoms with Gasteiger partial charge >= 0.3 is 0 Å². The second-order valence-corrected chi connectivity index (χ2v) is 5.28. The highest BCUT2D eigenvalue weighted by Gasteiger charge is 2.37. The average molecular weight is 238 g/mol. The van der Waals surface area contributed by atoms with Gasteiger partial charge in [-0.1, -0.05) is 49.9 Å². The molecule has 1 saturated heterocycles. The highest BCUT2D eigenvalue weighted by atomic mass is 35.5. The van der Waals surface area contributed by atoms with Crippen LogP contribution in [0.15, 0.2) is 24.3 Å². The fourth-order valence-corrected chi connectivity index (χ4v) is 2.59. The molecule has 16 heavy (non-hydrogen) atoms. The Labute approximate surface area is 103 Å². The number of hydrogen-bond donors (Lipinski definition) is 1. The Bertz CT molecular complexity index is 327. The van der Waals surface area contributed by atoms with E-state index in [9.17, 15) is 0 Å². The van der Waals surface area contributed by atoms with Gasteiger partial charge in [-0.3, -0.25) is 0 Å². The minimum atomic E-state index is 0.389. The zero-order valence-corrected chi connectivity index (χ0v) is 10.7. The summed E-state index contributed by atoms with van der Waals surface area (Å²) < 4.78 is 0. The average Bonchev–Trinajstić information content (AvgIpc) is 2.24. The molecule has 0 spiro atoms. The lowest BCUT2D eigenvalue weighted by Gasteiger charge is -2.43. The molecule has 0 aliphatic carbocycles. The summed E-state index contributed by atoms with van der Waals surface area (Å²) in [4.78, 5) is 0. The first-order valence-corrected chi connectivity index (χ1v) is 6.61. The van der Waals surface area contributed by atoms with Crippen molar-refractivity contribution >= 4 is 11.6 Å². The first kappa shape index (κ1) is 11.9. The lowest BCUT2D eigenvalue weighted by molar-refractivity contribution is 0.250.